The SMILES string of the molecule is N#C/C(=C/c1ccc(OC(F)F)cc1)C(=O)Nc1ccc2c(c1)OCO2. The van der Waals surface area contributed by atoms with E-state index < -0.39 is 12.5 Å². The molecule has 1 aliphatic rings. The van der Waals surface area contributed by atoms with E-state index in [1.165, 1.54) is 30.3 Å². The third-order valence-corrected chi connectivity index (χ3v) is 3.41. The molecule has 0 bridgehead atoms. The third kappa shape index (κ3) is 4.08. The van der Waals surface area contributed by atoms with Crippen LogP contribution in [0.5, 0.6) is 17.2 Å². The van der Waals surface area contributed by atoms with Gasteiger partial charge in [0.05, 0.1) is 0 Å². The average molecular weight is 358 g/mol. The topological polar surface area (TPSA) is 80.6 Å². The molecule has 1 amide bonds. The lowest BCUT2D eigenvalue weighted by atomic mass is 10.1. The van der Waals surface area contributed by atoms with Crippen molar-refractivity contribution >= 4 is 17.7 Å². The highest BCUT2D eigenvalue weighted by Crippen LogP contribution is 2.34. The number of carbonyl (C=O) groups is 1. The molecule has 2 aromatic rings. The summed E-state index contributed by atoms with van der Waals surface area (Å²) in [6, 6.07) is 12.2. The Labute approximate surface area is 147 Å². The second-order valence-corrected chi connectivity index (χ2v) is 5.14. The maximum atomic E-state index is 12.3. The second-order valence-electron chi connectivity index (χ2n) is 5.14. The minimum Gasteiger partial charge on any atom is -0.454 e. The highest BCUT2D eigenvalue weighted by atomic mass is 19.3. The number of ether oxygens (including phenoxy) is 3. The Morgan fingerprint density at radius 2 is 1.92 bits per heavy atom. The Balaban J connectivity index is 1.72. The van der Waals surface area contributed by atoms with E-state index in [0.717, 1.165) is 0 Å². The van der Waals surface area contributed by atoms with Gasteiger partial charge in [0.15, 0.2) is 11.5 Å². The van der Waals surface area contributed by atoms with Crippen molar-refractivity contribution in [2.75, 3.05) is 12.1 Å². The van der Waals surface area contributed by atoms with Gasteiger partial charge in [0.2, 0.25) is 6.79 Å². The van der Waals surface area contributed by atoms with Gasteiger partial charge in [-0.1, -0.05) is 12.1 Å². The molecule has 0 spiro atoms. The first-order valence-corrected chi connectivity index (χ1v) is 7.43. The average Bonchev–Trinajstić information content (AvgIpc) is 3.08. The van der Waals surface area contributed by atoms with E-state index in [2.05, 4.69) is 10.1 Å². The Kier molecular flexibility index (Phi) is 4.99. The van der Waals surface area contributed by atoms with Gasteiger partial charge in [-0.05, 0) is 35.9 Å². The predicted octanol–water partition coefficient (Wildman–Crippen LogP) is 3.56. The molecular weight excluding hydrogens is 346 g/mol. The van der Waals surface area contributed by atoms with Crippen LogP contribution >= 0.6 is 0 Å². The van der Waals surface area contributed by atoms with E-state index in [-0.39, 0.29) is 18.1 Å². The number of nitrogens with zero attached hydrogens (tertiary/aromatic N) is 1. The van der Waals surface area contributed by atoms with Gasteiger partial charge in [0.1, 0.15) is 17.4 Å². The van der Waals surface area contributed by atoms with Gasteiger partial charge in [-0.15, -0.1) is 0 Å². The van der Waals surface area contributed by atoms with Gasteiger partial charge in [-0.2, -0.15) is 14.0 Å². The van der Waals surface area contributed by atoms with Crippen molar-refractivity contribution in [2.45, 2.75) is 6.61 Å². The number of amides is 1. The van der Waals surface area contributed by atoms with E-state index in [4.69, 9.17) is 9.47 Å². The molecule has 1 heterocycles. The lowest BCUT2D eigenvalue weighted by Crippen LogP contribution is -2.13. The van der Waals surface area contributed by atoms with E-state index in [9.17, 15) is 18.8 Å². The summed E-state index contributed by atoms with van der Waals surface area (Å²) in [5.74, 6) is 0.449. The number of halogens is 2. The number of carbonyl (C=O) groups excluding carboxylic acids is 1. The zero-order valence-electron chi connectivity index (χ0n) is 13.2. The molecule has 0 aliphatic carbocycles. The third-order valence-electron chi connectivity index (χ3n) is 3.41. The first-order valence-electron chi connectivity index (χ1n) is 7.43. The fourth-order valence-electron chi connectivity index (χ4n) is 2.23. The van der Waals surface area contributed by atoms with Gasteiger partial charge in [-0.25, -0.2) is 0 Å². The molecule has 1 aliphatic heterocycles. The van der Waals surface area contributed by atoms with Crippen LogP contribution < -0.4 is 19.5 Å². The van der Waals surface area contributed by atoms with Gasteiger partial charge < -0.3 is 19.5 Å². The fourth-order valence-corrected chi connectivity index (χ4v) is 2.23. The smallest absolute Gasteiger partial charge is 0.387 e. The maximum Gasteiger partial charge on any atom is 0.387 e. The summed E-state index contributed by atoms with van der Waals surface area (Å²) in [7, 11) is 0. The Morgan fingerprint density at radius 3 is 2.62 bits per heavy atom. The summed E-state index contributed by atoms with van der Waals surface area (Å²) in [4.78, 5) is 12.3. The lowest BCUT2D eigenvalue weighted by molar-refractivity contribution is -0.112. The van der Waals surface area contributed by atoms with Gasteiger partial charge in [-0.3, -0.25) is 4.79 Å². The summed E-state index contributed by atoms with van der Waals surface area (Å²) < 4.78 is 38.9. The van der Waals surface area contributed by atoms with Crippen LogP contribution in [0.3, 0.4) is 0 Å². The quantitative estimate of drug-likeness (QED) is 0.653. The molecule has 0 fully saturated rings. The van der Waals surface area contributed by atoms with E-state index in [1.807, 2.05) is 6.07 Å². The van der Waals surface area contributed by atoms with Crippen LogP contribution in [0.2, 0.25) is 0 Å². The molecule has 0 atom stereocenters. The molecule has 2 aromatic carbocycles. The molecule has 0 aromatic heterocycles. The number of nitrogens with one attached hydrogen (secondary N) is 1. The van der Waals surface area contributed by atoms with E-state index in [0.29, 0.717) is 22.7 Å². The molecule has 6 nitrogen and oxygen atoms in total. The normalized spacial score (nSPS) is 12.6. The summed E-state index contributed by atoms with van der Waals surface area (Å²) in [5.41, 5.74) is 0.787. The summed E-state index contributed by atoms with van der Waals surface area (Å²) in [6.45, 7) is -2.81. The zero-order valence-corrected chi connectivity index (χ0v) is 13.2. The Hall–Kier alpha value is -3.60. The van der Waals surface area contributed by atoms with Gasteiger partial charge in [0.25, 0.3) is 5.91 Å². The minimum absolute atomic E-state index is 0.0135. The number of benzene rings is 2. The van der Waals surface area contributed by atoms with Crippen LogP contribution in [0.25, 0.3) is 6.08 Å². The number of hydrogen-bond acceptors (Lipinski definition) is 5. The van der Waals surface area contributed by atoms with Crippen LogP contribution in [0.15, 0.2) is 48.0 Å². The van der Waals surface area contributed by atoms with Crippen molar-refractivity contribution in [1.82, 2.24) is 0 Å². The van der Waals surface area contributed by atoms with Crippen LogP contribution in [0.1, 0.15) is 5.56 Å². The monoisotopic (exact) mass is 358 g/mol. The first-order chi connectivity index (χ1) is 12.5. The zero-order chi connectivity index (χ0) is 18.5. The molecule has 3 rings (SSSR count). The number of alkyl halides is 2. The largest absolute Gasteiger partial charge is 0.454 e. The van der Waals surface area contributed by atoms with Crippen molar-refractivity contribution in [3.05, 3.63) is 53.6 Å². The highest BCUT2D eigenvalue weighted by Gasteiger charge is 2.15. The lowest BCUT2D eigenvalue weighted by Gasteiger charge is -2.06. The predicted molar refractivity (Wildman–Crippen MR) is 87.9 cm³/mol. The number of hydrogen-bond donors (Lipinski definition) is 1. The van der Waals surface area contributed by atoms with Crippen molar-refractivity contribution < 1.29 is 27.8 Å². The summed E-state index contributed by atoms with van der Waals surface area (Å²) in [6.07, 6.45) is 1.34. The van der Waals surface area contributed by atoms with Gasteiger partial charge >= 0.3 is 6.61 Å². The molecule has 26 heavy (non-hydrogen) atoms. The number of fused-ring (bicyclic) bond motifs is 1. The summed E-state index contributed by atoms with van der Waals surface area (Å²) >= 11 is 0. The molecule has 0 unspecified atom stereocenters. The fraction of sp³-hybridized carbons (Fsp3) is 0.111. The van der Waals surface area contributed by atoms with Crippen molar-refractivity contribution in [3.8, 4) is 23.3 Å². The molecule has 1 N–H and O–H groups in total. The van der Waals surface area contributed by atoms with E-state index >= 15 is 0 Å². The van der Waals surface area contributed by atoms with Crippen LogP contribution in [-0.4, -0.2) is 19.3 Å². The number of rotatable bonds is 5. The molecule has 0 saturated carbocycles. The minimum atomic E-state index is -2.92. The molecule has 0 radical (unpaired) electrons. The number of nitriles is 1. The molecular formula is C18H12F2N2O4. The van der Waals surface area contributed by atoms with Crippen molar-refractivity contribution in [2.24, 2.45) is 0 Å². The van der Waals surface area contributed by atoms with Crippen LogP contribution in [0, 0.1) is 11.3 Å². The molecule has 8 heteroatoms. The van der Waals surface area contributed by atoms with Crippen molar-refractivity contribution in [1.29, 1.82) is 5.26 Å². The molecule has 132 valence electrons. The van der Waals surface area contributed by atoms with Crippen LogP contribution in [0.4, 0.5) is 14.5 Å². The molecule has 0 saturated heterocycles. The van der Waals surface area contributed by atoms with Crippen LogP contribution in [-0.2, 0) is 4.79 Å². The Bertz CT molecular complexity index is 889. The highest BCUT2D eigenvalue weighted by molar-refractivity contribution is 6.09. The maximum absolute atomic E-state index is 12.3. The van der Waals surface area contributed by atoms with Crippen molar-refractivity contribution in [3.63, 3.8) is 0 Å². The van der Waals surface area contributed by atoms with E-state index in [1.54, 1.807) is 18.2 Å². The standard InChI is InChI=1S/C18H12F2N2O4/c19-18(20)26-14-4-1-11(2-5-14)7-12(9-21)17(23)22-13-3-6-15-16(8-13)25-10-24-15/h1-8,18H,10H2,(H,22,23)/b12-7-. The summed E-state index contributed by atoms with van der Waals surface area (Å²) in [5, 5.41) is 11.8. The Morgan fingerprint density at radius 1 is 1.19 bits per heavy atom. The first kappa shape index (κ1) is 17.2. The number of anilines is 1. The second kappa shape index (κ2) is 7.53. The van der Waals surface area contributed by atoms with Gasteiger partial charge in [0, 0.05) is 11.8 Å².